The Morgan fingerprint density at radius 2 is 1.69 bits per heavy atom. The molecule has 0 amide bonds. The van der Waals surface area contributed by atoms with Gasteiger partial charge in [-0.1, -0.05) is 30.3 Å². The summed E-state index contributed by atoms with van der Waals surface area (Å²) in [5.74, 6) is 0.436. The summed E-state index contributed by atoms with van der Waals surface area (Å²) < 4.78 is 18.7. The third-order valence-corrected chi connectivity index (χ3v) is 6.05. The van der Waals surface area contributed by atoms with Gasteiger partial charge >= 0.3 is 0 Å². The van der Waals surface area contributed by atoms with E-state index < -0.39 is 0 Å². The topological polar surface area (TPSA) is 12.5 Å². The molecular formula is C23H28FNO. The van der Waals surface area contributed by atoms with Crippen molar-refractivity contribution in [2.24, 2.45) is 0 Å². The third kappa shape index (κ3) is 3.84. The van der Waals surface area contributed by atoms with E-state index in [4.69, 9.17) is 4.74 Å². The number of aryl methyl sites for hydroxylation is 1. The van der Waals surface area contributed by atoms with Gasteiger partial charge in [0.15, 0.2) is 0 Å². The first-order valence-corrected chi connectivity index (χ1v) is 9.89. The van der Waals surface area contributed by atoms with Gasteiger partial charge in [-0.2, -0.15) is 0 Å². The van der Waals surface area contributed by atoms with Gasteiger partial charge in [-0.15, -0.1) is 0 Å². The summed E-state index contributed by atoms with van der Waals surface area (Å²) in [5.41, 5.74) is 5.08. The molecule has 138 valence electrons. The molecule has 0 bridgehead atoms. The fourth-order valence-electron chi connectivity index (χ4n) is 4.60. The highest BCUT2D eigenvalue weighted by atomic mass is 19.1. The minimum atomic E-state index is -0.183. The van der Waals surface area contributed by atoms with Crippen molar-refractivity contribution >= 4 is 0 Å². The molecule has 4 rings (SSSR count). The van der Waals surface area contributed by atoms with Crippen LogP contribution in [0.4, 0.5) is 4.39 Å². The molecule has 2 aliphatic heterocycles. The van der Waals surface area contributed by atoms with Crippen molar-refractivity contribution in [3.8, 4) is 11.1 Å². The Balaban J connectivity index is 1.50. The quantitative estimate of drug-likeness (QED) is 0.756. The molecule has 1 atom stereocenters. The lowest BCUT2D eigenvalue weighted by molar-refractivity contribution is 0.0239. The fraction of sp³-hybridized carbons (Fsp3) is 0.478. The molecule has 2 aliphatic rings. The van der Waals surface area contributed by atoms with Crippen LogP contribution in [0, 0.1) is 12.7 Å². The first kappa shape index (κ1) is 17.7. The molecule has 2 aromatic carbocycles. The Labute approximate surface area is 156 Å². The van der Waals surface area contributed by atoms with E-state index in [0.717, 1.165) is 18.8 Å². The SMILES string of the molecule is Cc1cc(-c2ccc(F)cc2)ccc1C1CCCN(C2CCOCC2)C1. The Morgan fingerprint density at radius 3 is 2.42 bits per heavy atom. The number of halogens is 1. The van der Waals surface area contributed by atoms with Gasteiger partial charge in [0.1, 0.15) is 5.82 Å². The smallest absolute Gasteiger partial charge is 0.123 e. The second-order valence-corrected chi connectivity index (χ2v) is 7.76. The lowest BCUT2D eigenvalue weighted by atomic mass is 9.85. The maximum absolute atomic E-state index is 13.2. The van der Waals surface area contributed by atoms with E-state index in [9.17, 15) is 4.39 Å². The van der Waals surface area contributed by atoms with Gasteiger partial charge in [0.2, 0.25) is 0 Å². The predicted molar refractivity (Wildman–Crippen MR) is 104 cm³/mol. The number of hydrogen-bond donors (Lipinski definition) is 0. The molecule has 0 N–H and O–H groups in total. The van der Waals surface area contributed by atoms with Crippen molar-refractivity contribution < 1.29 is 9.13 Å². The maximum Gasteiger partial charge on any atom is 0.123 e. The number of hydrogen-bond acceptors (Lipinski definition) is 2. The van der Waals surface area contributed by atoms with Crippen LogP contribution in [0.25, 0.3) is 11.1 Å². The van der Waals surface area contributed by atoms with Crippen LogP contribution in [-0.2, 0) is 4.74 Å². The standard InChI is InChI=1S/C23H28FNO/c1-17-15-19(18-4-7-21(24)8-5-18)6-9-23(17)20-3-2-12-25(16-20)22-10-13-26-14-11-22/h4-9,15,20,22H,2-3,10-14,16H2,1H3. The second kappa shape index (κ2) is 7.89. The summed E-state index contributed by atoms with van der Waals surface area (Å²) in [4.78, 5) is 2.70. The van der Waals surface area contributed by atoms with Crippen LogP contribution >= 0.6 is 0 Å². The molecule has 0 aromatic heterocycles. The molecule has 2 nitrogen and oxygen atoms in total. The number of piperidine rings is 1. The second-order valence-electron chi connectivity index (χ2n) is 7.76. The van der Waals surface area contributed by atoms with Crippen LogP contribution in [0.3, 0.4) is 0 Å². The van der Waals surface area contributed by atoms with Crippen molar-refractivity contribution in [2.45, 2.75) is 44.6 Å². The monoisotopic (exact) mass is 353 g/mol. The minimum Gasteiger partial charge on any atom is -0.381 e. The molecule has 0 aliphatic carbocycles. The van der Waals surface area contributed by atoms with E-state index in [1.807, 2.05) is 12.1 Å². The lowest BCUT2D eigenvalue weighted by Crippen LogP contribution is -2.44. The average molecular weight is 353 g/mol. The van der Waals surface area contributed by atoms with Gasteiger partial charge < -0.3 is 4.74 Å². The first-order valence-electron chi connectivity index (χ1n) is 9.89. The van der Waals surface area contributed by atoms with Crippen LogP contribution in [-0.4, -0.2) is 37.2 Å². The summed E-state index contributed by atoms with van der Waals surface area (Å²) in [5, 5.41) is 0. The van der Waals surface area contributed by atoms with Crippen LogP contribution < -0.4 is 0 Å². The predicted octanol–water partition coefficient (Wildman–Crippen LogP) is 5.16. The highest BCUT2D eigenvalue weighted by molar-refractivity contribution is 5.65. The van der Waals surface area contributed by atoms with Gasteiger partial charge in [0.25, 0.3) is 0 Å². The van der Waals surface area contributed by atoms with Gasteiger partial charge in [0, 0.05) is 25.8 Å². The average Bonchev–Trinajstić information content (AvgIpc) is 2.69. The van der Waals surface area contributed by atoms with Crippen molar-refractivity contribution in [1.82, 2.24) is 4.90 Å². The minimum absolute atomic E-state index is 0.183. The summed E-state index contributed by atoms with van der Waals surface area (Å²) in [7, 11) is 0. The molecular weight excluding hydrogens is 325 g/mol. The van der Waals surface area contributed by atoms with Crippen molar-refractivity contribution in [2.75, 3.05) is 26.3 Å². The van der Waals surface area contributed by atoms with Gasteiger partial charge in [-0.25, -0.2) is 4.39 Å². The Bertz CT molecular complexity index is 736. The fourth-order valence-corrected chi connectivity index (χ4v) is 4.60. The van der Waals surface area contributed by atoms with Crippen LogP contribution in [0.15, 0.2) is 42.5 Å². The highest BCUT2D eigenvalue weighted by Gasteiger charge is 2.28. The zero-order valence-electron chi connectivity index (χ0n) is 15.6. The van der Waals surface area contributed by atoms with E-state index in [1.165, 1.54) is 67.6 Å². The van der Waals surface area contributed by atoms with Gasteiger partial charge in [-0.05, 0) is 79.5 Å². The van der Waals surface area contributed by atoms with Crippen LogP contribution in [0.5, 0.6) is 0 Å². The maximum atomic E-state index is 13.2. The molecule has 0 saturated carbocycles. The number of nitrogens with zero attached hydrogens (tertiary/aromatic N) is 1. The van der Waals surface area contributed by atoms with E-state index in [-0.39, 0.29) is 5.82 Å². The Hall–Kier alpha value is -1.71. The van der Waals surface area contributed by atoms with Gasteiger partial charge in [-0.3, -0.25) is 4.90 Å². The van der Waals surface area contributed by atoms with Crippen molar-refractivity contribution in [3.05, 3.63) is 59.4 Å². The largest absolute Gasteiger partial charge is 0.381 e. The zero-order valence-corrected chi connectivity index (χ0v) is 15.6. The molecule has 2 aromatic rings. The molecule has 2 fully saturated rings. The molecule has 0 radical (unpaired) electrons. The Morgan fingerprint density at radius 1 is 0.962 bits per heavy atom. The Kier molecular flexibility index (Phi) is 5.37. The van der Waals surface area contributed by atoms with Gasteiger partial charge in [0.05, 0.1) is 0 Å². The number of ether oxygens (including phenoxy) is 1. The summed E-state index contributed by atoms with van der Waals surface area (Å²) >= 11 is 0. The summed E-state index contributed by atoms with van der Waals surface area (Å²) in [6.07, 6.45) is 4.90. The third-order valence-electron chi connectivity index (χ3n) is 6.05. The molecule has 0 spiro atoms. The van der Waals surface area contributed by atoms with Crippen molar-refractivity contribution in [1.29, 1.82) is 0 Å². The molecule has 26 heavy (non-hydrogen) atoms. The molecule has 1 unspecified atom stereocenters. The first-order chi connectivity index (χ1) is 12.7. The normalized spacial score (nSPS) is 22.5. The highest BCUT2D eigenvalue weighted by Crippen LogP contribution is 2.33. The lowest BCUT2D eigenvalue weighted by Gasteiger charge is -2.40. The van der Waals surface area contributed by atoms with E-state index >= 15 is 0 Å². The summed E-state index contributed by atoms with van der Waals surface area (Å²) in [6, 6.07) is 14.2. The number of rotatable bonds is 3. The van der Waals surface area contributed by atoms with E-state index in [0.29, 0.717) is 12.0 Å². The van der Waals surface area contributed by atoms with Crippen LogP contribution in [0.2, 0.25) is 0 Å². The molecule has 2 heterocycles. The van der Waals surface area contributed by atoms with Crippen LogP contribution in [0.1, 0.15) is 42.7 Å². The van der Waals surface area contributed by atoms with E-state index in [1.54, 1.807) is 0 Å². The van der Waals surface area contributed by atoms with E-state index in [2.05, 4.69) is 30.0 Å². The zero-order chi connectivity index (χ0) is 17.9. The van der Waals surface area contributed by atoms with Crippen molar-refractivity contribution in [3.63, 3.8) is 0 Å². The molecule has 2 saturated heterocycles. The molecule has 3 heteroatoms. The summed E-state index contributed by atoms with van der Waals surface area (Å²) in [6.45, 7) is 6.44. The number of likely N-dealkylation sites (tertiary alicyclic amines) is 1. The number of benzene rings is 2.